The van der Waals surface area contributed by atoms with Crippen molar-refractivity contribution in [2.24, 2.45) is 0 Å². The third kappa shape index (κ3) is 5.24. The van der Waals surface area contributed by atoms with Gasteiger partial charge in [0.05, 0.1) is 23.3 Å². The van der Waals surface area contributed by atoms with Crippen LogP contribution in [0.2, 0.25) is 0 Å². The van der Waals surface area contributed by atoms with Gasteiger partial charge in [-0.15, -0.1) is 0 Å². The van der Waals surface area contributed by atoms with E-state index in [1.54, 1.807) is 12.1 Å². The highest BCUT2D eigenvalue weighted by Gasteiger charge is 2.30. The summed E-state index contributed by atoms with van der Waals surface area (Å²) in [5, 5.41) is 2.43. The van der Waals surface area contributed by atoms with E-state index in [0.717, 1.165) is 18.2 Å². The van der Waals surface area contributed by atoms with Gasteiger partial charge in [-0.05, 0) is 54.6 Å². The Morgan fingerprint density at radius 1 is 1.00 bits per heavy atom. The Morgan fingerprint density at radius 2 is 1.72 bits per heavy atom. The van der Waals surface area contributed by atoms with Crippen molar-refractivity contribution in [2.75, 3.05) is 5.32 Å². The van der Waals surface area contributed by atoms with E-state index in [2.05, 4.69) is 10.0 Å². The molecule has 0 aliphatic rings. The molecule has 0 bridgehead atoms. The first-order valence-electron chi connectivity index (χ1n) is 8.26. The lowest BCUT2D eigenvalue weighted by Crippen LogP contribution is -2.23. The lowest BCUT2D eigenvalue weighted by Gasteiger charge is -2.10. The molecular weight excluding hydrogens is 409 g/mol. The second-order valence-electron chi connectivity index (χ2n) is 5.96. The Bertz CT molecular complexity index is 1090. The maximum absolute atomic E-state index is 12.8. The van der Waals surface area contributed by atoms with E-state index in [-0.39, 0.29) is 22.7 Å². The molecule has 3 rings (SSSR count). The largest absolute Gasteiger partial charge is 0.468 e. The fourth-order valence-electron chi connectivity index (χ4n) is 2.42. The van der Waals surface area contributed by atoms with Crippen LogP contribution < -0.4 is 10.0 Å². The molecule has 0 aliphatic heterocycles. The molecule has 0 spiro atoms. The lowest BCUT2D eigenvalue weighted by atomic mass is 10.1. The van der Waals surface area contributed by atoms with Crippen molar-refractivity contribution in [3.63, 3.8) is 0 Å². The van der Waals surface area contributed by atoms with Gasteiger partial charge in [-0.25, -0.2) is 13.1 Å². The van der Waals surface area contributed by atoms with Gasteiger partial charge in [0, 0.05) is 11.3 Å². The number of carbonyl (C=O) groups is 1. The van der Waals surface area contributed by atoms with E-state index in [1.807, 2.05) is 0 Å². The third-order valence-corrected chi connectivity index (χ3v) is 5.31. The number of alkyl halides is 3. The second kappa shape index (κ2) is 8.10. The van der Waals surface area contributed by atoms with E-state index in [9.17, 15) is 26.4 Å². The number of hydrogen-bond acceptors (Lipinski definition) is 4. The Hall–Kier alpha value is -3.11. The molecule has 1 heterocycles. The average Bonchev–Trinajstić information content (AvgIpc) is 3.20. The average molecular weight is 424 g/mol. The van der Waals surface area contributed by atoms with Crippen LogP contribution in [0.1, 0.15) is 21.7 Å². The van der Waals surface area contributed by atoms with Gasteiger partial charge in [-0.3, -0.25) is 4.79 Å². The molecule has 0 saturated carbocycles. The molecule has 0 aliphatic carbocycles. The predicted octanol–water partition coefficient (Wildman–Crippen LogP) is 4.03. The number of nitrogens with one attached hydrogen (secondary N) is 2. The van der Waals surface area contributed by atoms with E-state index in [4.69, 9.17) is 4.42 Å². The molecular formula is C19H15F3N2O4S. The first kappa shape index (κ1) is 20.6. The lowest BCUT2D eigenvalue weighted by molar-refractivity contribution is -0.137. The zero-order valence-corrected chi connectivity index (χ0v) is 15.5. The molecule has 3 aromatic rings. The second-order valence-corrected chi connectivity index (χ2v) is 7.73. The van der Waals surface area contributed by atoms with Crippen LogP contribution in [0, 0.1) is 0 Å². The summed E-state index contributed by atoms with van der Waals surface area (Å²) in [6.45, 7) is -0.0244. The minimum atomic E-state index is -4.56. The topological polar surface area (TPSA) is 88.4 Å². The zero-order valence-electron chi connectivity index (χ0n) is 14.7. The minimum absolute atomic E-state index is 0.0244. The van der Waals surface area contributed by atoms with E-state index < -0.39 is 27.7 Å². The van der Waals surface area contributed by atoms with E-state index in [0.29, 0.717) is 5.76 Å². The van der Waals surface area contributed by atoms with Crippen molar-refractivity contribution < 1.29 is 30.8 Å². The highest BCUT2D eigenvalue weighted by molar-refractivity contribution is 7.89. The van der Waals surface area contributed by atoms with Crippen LogP contribution in [0.15, 0.2) is 76.2 Å². The maximum Gasteiger partial charge on any atom is 0.416 e. The summed E-state index contributed by atoms with van der Waals surface area (Å²) < 4.78 is 70.3. The first-order chi connectivity index (χ1) is 13.6. The normalized spacial score (nSPS) is 12.0. The number of hydrogen-bond donors (Lipinski definition) is 2. The Labute approximate surface area is 164 Å². The summed E-state index contributed by atoms with van der Waals surface area (Å²) >= 11 is 0. The van der Waals surface area contributed by atoms with Gasteiger partial charge in [0.25, 0.3) is 5.91 Å². The monoisotopic (exact) mass is 424 g/mol. The summed E-state index contributed by atoms with van der Waals surface area (Å²) in [5.41, 5.74) is -0.872. The molecule has 0 fully saturated rings. The summed E-state index contributed by atoms with van der Waals surface area (Å²) in [7, 11) is -3.80. The van der Waals surface area contributed by atoms with Crippen LogP contribution in [-0.2, 0) is 22.7 Å². The van der Waals surface area contributed by atoms with Gasteiger partial charge < -0.3 is 9.73 Å². The molecule has 0 saturated heterocycles. The molecule has 10 heteroatoms. The molecule has 0 unspecified atom stereocenters. The number of carbonyl (C=O) groups excluding carboxylic acids is 1. The van der Waals surface area contributed by atoms with Crippen molar-refractivity contribution in [1.29, 1.82) is 0 Å². The standard InChI is InChI=1S/C19H15F3N2O4S/c20-19(21,22)14-4-1-3-13(11-14)18(25)24-15-6-8-17(9-7-15)29(26,27)23-12-16-5-2-10-28-16/h1-11,23H,12H2,(H,24,25). The molecule has 1 amide bonds. The fraction of sp³-hybridized carbons (Fsp3) is 0.105. The van der Waals surface area contributed by atoms with Crippen LogP contribution in [-0.4, -0.2) is 14.3 Å². The van der Waals surface area contributed by atoms with Crippen LogP contribution in [0.25, 0.3) is 0 Å². The van der Waals surface area contributed by atoms with Crippen molar-refractivity contribution >= 4 is 21.6 Å². The van der Waals surface area contributed by atoms with Crippen molar-refractivity contribution in [3.8, 4) is 0 Å². The number of furan rings is 1. The van der Waals surface area contributed by atoms with Crippen molar-refractivity contribution in [3.05, 3.63) is 83.8 Å². The van der Waals surface area contributed by atoms with Gasteiger partial charge in [-0.2, -0.15) is 13.2 Å². The Morgan fingerprint density at radius 3 is 2.34 bits per heavy atom. The van der Waals surface area contributed by atoms with Gasteiger partial charge in [0.2, 0.25) is 10.0 Å². The fourth-order valence-corrected chi connectivity index (χ4v) is 3.41. The first-order valence-corrected chi connectivity index (χ1v) is 9.74. The van der Waals surface area contributed by atoms with Crippen LogP contribution in [0.5, 0.6) is 0 Å². The number of anilines is 1. The van der Waals surface area contributed by atoms with Crippen molar-refractivity contribution in [2.45, 2.75) is 17.6 Å². The summed E-state index contributed by atoms with van der Waals surface area (Å²) in [6.07, 6.45) is -3.14. The molecule has 0 atom stereocenters. The number of sulfonamides is 1. The highest BCUT2D eigenvalue weighted by Crippen LogP contribution is 2.29. The summed E-state index contributed by atoms with van der Waals surface area (Å²) in [5.74, 6) is -0.304. The van der Waals surface area contributed by atoms with Gasteiger partial charge in [-0.1, -0.05) is 6.07 Å². The molecule has 6 nitrogen and oxygen atoms in total. The summed E-state index contributed by atoms with van der Waals surface area (Å²) in [4.78, 5) is 12.1. The van der Waals surface area contributed by atoms with Gasteiger partial charge in [0.1, 0.15) is 5.76 Å². The number of rotatable bonds is 6. The molecule has 152 valence electrons. The van der Waals surface area contributed by atoms with Crippen LogP contribution in [0.3, 0.4) is 0 Å². The van der Waals surface area contributed by atoms with Crippen LogP contribution >= 0.6 is 0 Å². The highest BCUT2D eigenvalue weighted by atomic mass is 32.2. The number of benzene rings is 2. The van der Waals surface area contributed by atoms with Crippen LogP contribution in [0.4, 0.5) is 18.9 Å². The predicted molar refractivity (Wildman–Crippen MR) is 98.6 cm³/mol. The zero-order chi connectivity index (χ0) is 21.1. The number of halogens is 3. The molecule has 29 heavy (non-hydrogen) atoms. The van der Waals surface area contributed by atoms with Gasteiger partial charge >= 0.3 is 6.18 Å². The number of amides is 1. The van der Waals surface area contributed by atoms with Gasteiger partial charge in [0.15, 0.2) is 0 Å². The molecule has 0 radical (unpaired) electrons. The Kier molecular flexibility index (Phi) is 5.76. The third-order valence-electron chi connectivity index (χ3n) is 3.89. The SMILES string of the molecule is O=C(Nc1ccc(S(=O)(=O)NCc2ccco2)cc1)c1cccc(C(F)(F)F)c1. The summed E-state index contributed by atoms with van der Waals surface area (Å²) in [6, 6.07) is 12.5. The molecule has 2 aromatic carbocycles. The minimum Gasteiger partial charge on any atom is -0.468 e. The Balaban J connectivity index is 1.68. The van der Waals surface area contributed by atoms with E-state index >= 15 is 0 Å². The van der Waals surface area contributed by atoms with Crippen molar-refractivity contribution in [1.82, 2.24) is 4.72 Å². The maximum atomic E-state index is 12.8. The van der Waals surface area contributed by atoms with E-state index in [1.165, 1.54) is 36.6 Å². The molecule has 2 N–H and O–H groups in total. The quantitative estimate of drug-likeness (QED) is 0.625. The molecule has 1 aromatic heterocycles. The smallest absolute Gasteiger partial charge is 0.416 e.